The number of rotatable bonds is 10. The number of carbonyl (C=O) groups is 3. The number of hydrogen-bond donors (Lipinski definition) is 3. The van der Waals surface area contributed by atoms with Crippen molar-refractivity contribution in [1.29, 1.82) is 0 Å². The van der Waals surface area contributed by atoms with Gasteiger partial charge in [0.15, 0.2) is 0 Å². The van der Waals surface area contributed by atoms with Gasteiger partial charge in [-0.05, 0) is 20.3 Å². The van der Waals surface area contributed by atoms with E-state index in [1.54, 1.807) is 6.92 Å². The molecule has 134 valence electrons. The third kappa shape index (κ3) is 6.52. The number of carbonyl (C=O) groups excluding carboxylic acids is 2. The molecule has 0 heterocycles. The molecule has 0 radical (unpaired) electrons. The molecule has 0 rings (SSSR count). The molecule has 23 heavy (non-hydrogen) atoms. The Morgan fingerprint density at radius 1 is 1.22 bits per heavy atom. The van der Waals surface area contributed by atoms with Crippen molar-refractivity contribution >= 4 is 17.8 Å². The maximum absolute atomic E-state index is 14.2. The van der Waals surface area contributed by atoms with E-state index in [0.717, 1.165) is 0 Å². The van der Waals surface area contributed by atoms with E-state index in [4.69, 9.17) is 4.74 Å². The summed E-state index contributed by atoms with van der Waals surface area (Å²) in [6.07, 6.45) is 0.856. The number of likely N-dealkylation sites (N-methyl/N-ethyl adjacent to an activating group) is 1. The second-order valence-corrected chi connectivity index (χ2v) is 5.92. The van der Waals surface area contributed by atoms with Crippen LogP contribution in [-0.2, 0) is 19.1 Å². The molecule has 3 N–H and O–H groups in total. The van der Waals surface area contributed by atoms with Crippen LogP contribution in [-0.4, -0.2) is 55.4 Å². The Labute approximate surface area is 136 Å². The van der Waals surface area contributed by atoms with Crippen LogP contribution in [0.2, 0.25) is 0 Å². The van der Waals surface area contributed by atoms with E-state index in [9.17, 15) is 23.9 Å². The highest BCUT2D eigenvalue weighted by Gasteiger charge is 2.40. The number of halogens is 1. The number of hydrogen-bond acceptors (Lipinski definition) is 4. The highest BCUT2D eigenvalue weighted by atomic mass is 19.1. The summed E-state index contributed by atoms with van der Waals surface area (Å²) in [4.78, 5) is 35.6. The number of amides is 2. The molecule has 0 aromatic heterocycles. The van der Waals surface area contributed by atoms with E-state index in [2.05, 4.69) is 10.6 Å². The average Bonchev–Trinajstić information content (AvgIpc) is 2.45. The fraction of sp³-hybridized carbons (Fsp3) is 0.800. The van der Waals surface area contributed by atoms with E-state index in [0.29, 0.717) is 12.8 Å². The summed E-state index contributed by atoms with van der Waals surface area (Å²) >= 11 is 0. The van der Waals surface area contributed by atoms with E-state index in [1.807, 2.05) is 0 Å². The molecule has 0 aromatic rings. The third-order valence-corrected chi connectivity index (χ3v) is 3.57. The van der Waals surface area contributed by atoms with Gasteiger partial charge < -0.3 is 20.5 Å². The summed E-state index contributed by atoms with van der Waals surface area (Å²) in [5, 5.41) is 13.9. The molecule has 0 bridgehead atoms. The van der Waals surface area contributed by atoms with Crippen molar-refractivity contribution in [3.8, 4) is 0 Å². The van der Waals surface area contributed by atoms with Crippen LogP contribution in [0.3, 0.4) is 0 Å². The molecule has 2 amide bonds. The normalized spacial score (nSPS) is 15.4. The zero-order chi connectivity index (χ0) is 18.2. The molecule has 3 atom stereocenters. The number of methoxy groups -OCH3 is 1. The maximum Gasteiger partial charge on any atom is 0.309 e. The topological polar surface area (TPSA) is 105 Å². The molecule has 0 saturated carbocycles. The molecule has 0 saturated heterocycles. The van der Waals surface area contributed by atoms with Gasteiger partial charge in [0.1, 0.15) is 11.7 Å². The molecule has 0 aromatic carbocycles. The molecule has 0 fully saturated rings. The van der Waals surface area contributed by atoms with Gasteiger partial charge in [-0.3, -0.25) is 14.4 Å². The van der Waals surface area contributed by atoms with Crippen LogP contribution >= 0.6 is 0 Å². The fourth-order valence-electron chi connectivity index (χ4n) is 2.31. The first-order valence-electron chi connectivity index (χ1n) is 7.52. The van der Waals surface area contributed by atoms with Crippen LogP contribution in [0.15, 0.2) is 0 Å². The standard InChI is InChI=1S/C15H27FN2O5/c1-6-7-9(10(8-23-5)14(21)22)12(19)18-11(13(20)17-4)15(2,3)16/h9-11H,6-8H2,1-5H3,(H,17,20)(H,18,19)(H,21,22)/t9-,10-,11?/m1/s1. The van der Waals surface area contributed by atoms with Gasteiger partial charge in [-0.25, -0.2) is 4.39 Å². The van der Waals surface area contributed by atoms with Gasteiger partial charge in [-0.1, -0.05) is 13.3 Å². The van der Waals surface area contributed by atoms with Crippen molar-refractivity contribution in [2.24, 2.45) is 11.8 Å². The number of nitrogens with one attached hydrogen (secondary N) is 2. The lowest BCUT2D eigenvalue weighted by Gasteiger charge is -2.29. The highest BCUT2D eigenvalue weighted by molar-refractivity contribution is 5.91. The summed E-state index contributed by atoms with van der Waals surface area (Å²) in [7, 11) is 2.68. The van der Waals surface area contributed by atoms with E-state index >= 15 is 0 Å². The van der Waals surface area contributed by atoms with E-state index in [-0.39, 0.29) is 6.61 Å². The van der Waals surface area contributed by atoms with Crippen molar-refractivity contribution in [2.75, 3.05) is 20.8 Å². The minimum atomic E-state index is -1.99. The molecule has 0 aliphatic carbocycles. The zero-order valence-electron chi connectivity index (χ0n) is 14.3. The number of ether oxygens (including phenoxy) is 1. The summed E-state index contributed by atoms with van der Waals surface area (Å²) in [6, 6.07) is -1.41. The molecule has 8 heteroatoms. The first-order valence-corrected chi connectivity index (χ1v) is 7.52. The van der Waals surface area contributed by atoms with Crippen LogP contribution < -0.4 is 10.6 Å². The highest BCUT2D eigenvalue weighted by Crippen LogP contribution is 2.22. The van der Waals surface area contributed by atoms with Crippen molar-refractivity contribution in [3.63, 3.8) is 0 Å². The molecule has 0 spiro atoms. The summed E-state index contributed by atoms with van der Waals surface area (Å²) < 4.78 is 19.1. The molecule has 1 unspecified atom stereocenters. The quantitative estimate of drug-likeness (QED) is 0.546. The molecular weight excluding hydrogens is 307 g/mol. The zero-order valence-corrected chi connectivity index (χ0v) is 14.3. The Morgan fingerprint density at radius 2 is 1.78 bits per heavy atom. The largest absolute Gasteiger partial charge is 0.481 e. The van der Waals surface area contributed by atoms with Gasteiger partial charge in [0.2, 0.25) is 11.8 Å². The second-order valence-electron chi connectivity index (χ2n) is 5.92. The van der Waals surface area contributed by atoms with Crippen LogP contribution in [0.4, 0.5) is 4.39 Å². The lowest BCUT2D eigenvalue weighted by molar-refractivity contribution is -0.150. The maximum atomic E-state index is 14.2. The van der Waals surface area contributed by atoms with Gasteiger partial charge in [0.25, 0.3) is 0 Å². The van der Waals surface area contributed by atoms with Crippen LogP contribution in [0.5, 0.6) is 0 Å². The van der Waals surface area contributed by atoms with Crippen molar-refractivity contribution < 1.29 is 28.6 Å². The molecule has 0 aliphatic heterocycles. The number of carboxylic acids is 1. The average molecular weight is 334 g/mol. The number of carboxylic acid groups (broad SMARTS) is 1. The Kier molecular flexibility index (Phi) is 8.74. The monoisotopic (exact) mass is 334 g/mol. The Bertz CT molecular complexity index is 423. The first kappa shape index (κ1) is 21.3. The van der Waals surface area contributed by atoms with Crippen LogP contribution in [0.25, 0.3) is 0 Å². The van der Waals surface area contributed by atoms with Crippen LogP contribution in [0, 0.1) is 11.8 Å². The predicted octanol–water partition coefficient (Wildman–Crippen LogP) is 0.729. The lowest BCUT2D eigenvalue weighted by atomic mass is 9.87. The number of aliphatic carboxylic acids is 1. The number of alkyl halides is 1. The summed E-state index contributed by atoms with van der Waals surface area (Å²) in [5.74, 6) is -4.49. The molecular formula is C15H27FN2O5. The smallest absolute Gasteiger partial charge is 0.309 e. The minimum Gasteiger partial charge on any atom is -0.481 e. The van der Waals surface area contributed by atoms with Gasteiger partial charge in [0, 0.05) is 14.2 Å². The predicted molar refractivity (Wildman–Crippen MR) is 82.6 cm³/mol. The third-order valence-electron chi connectivity index (χ3n) is 3.57. The van der Waals surface area contributed by atoms with Crippen molar-refractivity contribution in [1.82, 2.24) is 10.6 Å². The Hall–Kier alpha value is -1.70. The fourth-order valence-corrected chi connectivity index (χ4v) is 2.31. The summed E-state index contributed by atoms with van der Waals surface area (Å²) in [6.45, 7) is 4.01. The summed E-state index contributed by atoms with van der Waals surface area (Å²) in [5.41, 5.74) is -1.99. The molecule has 0 aliphatic rings. The van der Waals surface area contributed by atoms with Crippen LogP contribution in [0.1, 0.15) is 33.6 Å². The molecule has 7 nitrogen and oxygen atoms in total. The van der Waals surface area contributed by atoms with Crippen molar-refractivity contribution in [2.45, 2.75) is 45.3 Å². The van der Waals surface area contributed by atoms with E-state index in [1.165, 1.54) is 28.0 Å². The van der Waals surface area contributed by atoms with Gasteiger partial charge in [0.05, 0.1) is 18.4 Å². The van der Waals surface area contributed by atoms with Gasteiger partial charge in [-0.15, -0.1) is 0 Å². The SMILES string of the molecule is CCC[C@@H](C(=O)NC(C(=O)NC)C(C)(C)F)[C@@H](COC)C(=O)O. The lowest BCUT2D eigenvalue weighted by Crippen LogP contribution is -2.57. The van der Waals surface area contributed by atoms with E-state index < -0.39 is 41.3 Å². The first-order chi connectivity index (χ1) is 10.6. The second kappa shape index (κ2) is 9.44. The van der Waals surface area contributed by atoms with Gasteiger partial charge >= 0.3 is 5.97 Å². The van der Waals surface area contributed by atoms with Gasteiger partial charge in [-0.2, -0.15) is 0 Å². The Balaban J connectivity index is 5.36. The minimum absolute atomic E-state index is 0.142. The Morgan fingerprint density at radius 3 is 2.13 bits per heavy atom. The van der Waals surface area contributed by atoms with Crippen molar-refractivity contribution in [3.05, 3.63) is 0 Å².